The molecule has 0 bridgehead atoms. The Morgan fingerprint density at radius 2 is 0.636 bits per heavy atom. The van der Waals surface area contributed by atoms with Crippen LogP contribution in [0.4, 0.5) is 0 Å². The number of hydrogen-bond acceptors (Lipinski definition) is 0. The van der Waals surface area contributed by atoms with Crippen LogP contribution in [0, 0.1) is 13.8 Å². The maximum absolute atomic E-state index is 3.89. The summed E-state index contributed by atoms with van der Waals surface area (Å²) in [4.78, 5) is 0. The minimum Gasteiger partial charge on any atom is -0.0885 e. The predicted molar refractivity (Wildman–Crippen MR) is 103 cm³/mol. The van der Waals surface area contributed by atoms with Crippen molar-refractivity contribution >= 4 is 0 Å². The average Bonchev–Trinajstić information content (AvgIpc) is 2.54. The summed E-state index contributed by atoms with van der Waals surface area (Å²) in [5, 5.41) is 0. The van der Waals surface area contributed by atoms with E-state index >= 15 is 0 Å². The smallest absolute Gasteiger partial charge is 0.0351 e. The molecule has 0 aliphatic heterocycles. The van der Waals surface area contributed by atoms with Gasteiger partial charge in [-0.3, -0.25) is 0 Å². The van der Waals surface area contributed by atoms with Crippen LogP contribution in [0.25, 0.3) is 0 Å². The second kappa shape index (κ2) is 20.7. The molecule has 0 aromatic carbocycles. The van der Waals surface area contributed by atoms with E-state index in [4.69, 9.17) is 0 Å². The van der Waals surface area contributed by atoms with Crippen molar-refractivity contribution in [1.29, 1.82) is 0 Å². The van der Waals surface area contributed by atoms with Crippen molar-refractivity contribution in [3.05, 3.63) is 26.0 Å². The Bertz CT molecular complexity index is 182. The van der Waals surface area contributed by atoms with Crippen LogP contribution in [0.2, 0.25) is 0 Å². The molecule has 0 N–H and O–H groups in total. The third kappa shape index (κ3) is 19.7. The van der Waals surface area contributed by atoms with E-state index in [1.165, 1.54) is 103 Å². The second-order valence-electron chi connectivity index (χ2n) is 6.71. The lowest BCUT2D eigenvalue weighted by Crippen LogP contribution is -1.81. The first-order valence-corrected chi connectivity index (χ1v) is 10.1. The van der Waals surface area contributed by atoms with Gasteiger partial charge >= 0.3 is 0 Å². The summed E-state index contributed by atoms with van der Waals surface area (Å²) in [5.74, 6) is 0. The number of allylic oxidation sites excluding steroid dienone is 2. The Hall–Kier alpha value is -0.260. The van der Waals surface area contributed by atoms with Gasteiger partial charge < -0.3 is 0 Å². The molecule has 0 aliphatic carbocycles. The zero-order valence-corrected chi connectivity index (χ0v) is 15.3. The Morgan fingerprint density at radius 3 is 0.955 bits per heavy atom. The van der Waals surface area contributed by atoms with E-state index < -0.39 is 0 Å². The highest BCUT2D eigenvalue weighted by atomic mass is 14.0. The SMILES string of the molecule is [CH2]CCCCCCCCC/C=C/CCCCCCCCC[CH2]. The van der Waals surface area contributed by atoms with Crippen LogP contribution in [0.15, 0.2) is 12.2 Å². The molecule has 0 amide bonds. The molecular formula is C22H42. The molecule has 0 aromatic heterocycles. The summed E-state index contributed by atoms with van der Waals surface area (Å²) in [6.45, 7) is 7.78. The normalized spacial score (nSPS) is 11.5. The van der Waals surface area contributed by atoms with Gasteiger partial charge in [0.15, 0.2) is 0 Å². The first-order chi connectivity index (χ1) is 10.9. The Kier molecular flexibility index (Phi) is 20.5. The van der Waals surface area contributed by atoms with E-state index in [0.29, 0.717) is 0 Å². The van der Waals surface area contributed by atoms with Gasteiger partial charge in [-0.05, 0) is 25.7 Å². The zero-order valence-electron chi connectivity index (χ0n) is 15.3. The molecule has 0 rings (SSSR count). The molecule has 2 radical (unpaired) electrons. The van der Waals surface area contributed by atoms with Gasteiger partial charge in [-0.1, -0.05) is 116 Å². The van der Waals surface area contributed by atoms with Gasteiger partial charge in [0, 0.05) is 0 Å². The minimum atomic E-state index is 1.11. The average molecular weight is 307 g/mol. The number of unbranched alkanes of at least 4 members (excludes halogenated alkanes) is 16. The van der Waals surface area contributed by atoms with Gasteiger partial charge in [-0.15, -0.1) is 0 Å². The zero-order chi connectivity index (χ0) is 16.1. The van der Waals surface area contributed by atoms with E-state index in [1.807, 2.05) is 0 Å². The van der Waals surface area contributed by atoms with Gasteiger partial charge in [-0.2, -0.15) is 0 Å². The van der Waals surface area contributed by atoms with Crippen LogP contribution in [0.3, 0.4) is 0 Å². The standard InChI is InChI=1S/C22H42/c1-3-5-7-9-11-13-15-17-19-21-22-20-18-16-14-12-10-8-6-4-2/h21-22H,1-20H2/b22-21+. The van der Waals surface area contributed by atoms with Gasteiger partial charge in [0.25, 0.3) is 0 Å². The molecule has 0 aromatic rings. The Balaban J connectivity index is 3.03. The van der Waals surface area contributed by atoms with Crippen LogP contribution in [0.5, 0.6) is 0 Å². The maximum Gasteiger partial charge on any atom is -0.0351 e. The molecule has 0 aliphatic rings. The van der Waals surface area contributed by atoms with Gasteiger partial charge in [0.2, 0.25) is 0 Å². The lowest BCUT2D eigenvalue weighted by molar-refractivity contribution is 0.580. The van der Waals surface area contributed by atoms with Crippen molar-refractivity contribution in [1.82, 2.24) is 0 Å². The largest absolute Gasteiger partial charge is 0.0885 e. The van der Waals surface area contributed by atoms with E-state index in [1.54, 1.807) is 0 Å². The first kappa shape index (κ1) is 21.7. The topological polar surface area (TPSA) is 0 Å². The van der Waals surface area contributed by atoms with Crippen molar-refractivity contribution in [2.45, 2.75) is 116 Å². The molecular weight excluding hydrogens is 264 g/mol. The van der Waals surface area contributed by atoms with E-state index in [9.17, 15) is 0 Å². The third-order valence-corrected chi connectivity index (χ3v) is 4.41. The van der Waals surface area contributed by atoms with E-state index in [-0.39, 0.29) is 0 Å². The highest BCUT2D eigenvalue weighted by Crippen LogP contribution is 2.11. The molecule has 22 heavy (non-hydrogen) atoms. The fraction of sp³-hybridized carbons (Fsp3) is 0.818. The molecule has 0 nitrogen and oxygen atoms in total. The molecule has 0 atom stereocenters. The van der Waals surface area contributed by atoms with Gasteiger partial charge in [0.1, 0.15) is 0 Å². The van der Waals surface area contributed by atoms with E-state index in [2.05, 4.69) is 26.0 Å². The highest BCUT2D eigenvalue weighted by molar-refractivity contribution is 4.81. The molecule has 0 heteroatoms. The minimum absolute atomic E-state index is 1.11. The predicted octanol–water partition coefficient (Wildman–Crippen LogP) is 8.23. The number of rotatable bonds is 18. The van der Waals surface area contributed by atoms with Crippen molar-refractivity contribution in [2.75, 3.05) is 0 Å². The Labute approximate surface area is 142 Å². The summed E-state index contributed by atoms with van der Waals surface area (Å²) >= 11 is 0. The van der Waals surface area contributed by atoms with Crippen molar-refractivity contribution in [3.8, 4) is 0 Å². The molecule has 0 saturated heterocycles. The van der Waals surface area contributed by atoms with Crippen LogP contribution in [-0.2, 0) is 0 Å². The van der Waals surface area contributed by atoms with Crippen LogP contribution in [0.1, 0.15) is 116 Å². The van der Waals surface area contributed by atoms with Crippen LogP contribution >= 0.6 is 0 Å². The van der Waals surface area contributed by atoms with Crippen molar-refractivity contribution in [2.24, 2.45) is 0 Å². The summed E-state index contributed by atoms with van der Waals surface area (Å²) < 4.78 is 0. The molecule has 130 valence electrons. The monoisotopic (exact) mass is 306 g/mol. The molecule has 0 heterocycles. The quantitative estimate of drug-likeness (QED) is 0.177. The molecule has 0 saturated carbocycles. The highest BCUT2D eigenvalue weighted by Gasteiger charge is 1.91. The molecule has 0 fully saturated rings. The molecule has 0 spiro atoms. The molecule has 0 unspecified atom stereocenters. The Morgan fingerprint density at radius 1 is 0.364 bits per heavy atom. The van der Waals surface area contributed by atoms with Crippen molar-refractivity contribution < 1.29 is 0 Å². The second-order valence-corrected chi connectivity index (χ2v) is 6.71. The van der Waals surface area contributed by atoms with Gasteiger partial charge in [0.05, 0.1) is 0 Å². The summed E-state index contributed by atoms with van der Waals surface area (Å²) in [6.07, 6.45) is 29.2. The van der Waals surface area contributed by atoms with Crippen molar-refractivity contribution in [3.63, 3.8) is 0 Å². The summed E-state index contributed by atoms with van der Waals surface area (Å²) in [6, 6.07) is 0. The summed E-state index contributed by atoms with van der Waals surface area (Å²) in [7, 11) is 0. The lowest BCUT2D eigenvalue weighted by Gasteiger charge is -2.00. The van der Waals surface area contributed by atoms with Crippen LogP contribution in [-0.4, -0.2) is 0 Å². The third-order valence-electron chi connectivity index (χ3n) is 4.41. The fourth-order valence-corrected chi connectivity index (χ4v) is 2.88. The fourth-order valence-electron chi connectivity index (χ4n) is 2.88. The van der Waals surface area contributed by atoms with Gasteiger partial charge in [-0.25, -0.2) is 0 Å². The van der Waals surface area contributed by atoms with E-state index in [0.717, 1.165) is 12.8 Å². The summed E-state index contributed by atoms with van der Waals surface area (Å²) in [5.41, 5.74) is 0. The number of hydrogen-bond donors (Lipinski definition) is 0. The van der Waals surface area contributed by atoms with Crippen LogP contribution < -0.4 is 0 Å². The first-order valence-electron chi connectivity index (χ1n) is 10.1. The maximum atomic E-state index is 3.89. The lowest BCUT2D eigenvalue weighted by atomic mass is 10.1.